The first-order valence-electron chi connectivity index (χ1n) is 6.68. The maximum absolute atomic E-state index is 5.71. The number of nitrogens with zero attached hydrogens (tertiary/aromatic N) is 1. The van der Waals surface area contributed by atoms with Crippen molar-refractivity contribution in [2.24, 2.45) is 0 Å². The molecule has 0 saturated carbocycles. The molecule has 0 aromatic rings. The van der Waals surface area contributed by atoms with Crippen LogP contribution in [0.25, 0.3) is 0 Å². The maximum Gasteiger partial charge on any atom is 0.0874 e. The fourth-order valence-electron chi connectivity index (χ4n) is 1.87. The summed E-state index contributed by atoms with van der Waals surface area (Å²) in [6.07, 6.45) is 0.257. The third kappa shape index (κ3) is 6.96. The minimum Gasteiger partial charge on any atom is -0.386 e. The van der Waals surface area contributed by atoms with Crippen LogP contribution in [-0.2, 0) is 9.47 Å². The minimum atomic E-state index is 0.257. The average molecular weight is 257 g/mol. The maximum atomic E-state index is 5.71. The molecule has 1 atom stereocenters. The SMILES string of the molecule is C=C(C)NCC1CN(CCOCCNC)CCO1. The number of hydrogen-bond donors (Lipinski definition) is 2. The van der Waals surface area contributed by atoms with Crippen LogP contribution >= 0.6 is 0 Å². The third-order valence-corrected chi connectivity index (χ3v) is 2.90. The number of rotatable bonds is 9. The highest BCUT2D eigenvalue weighted by molar-refractivity contribution is 4.86. The summed E-state index contributed by atoms with van der Waals surface area (Å²) in [5.41, 5.74) is 0.992. The molecule has 1 rings (SSSR count). The molecule has 1 saturated heterocycles. The Labute approximate surface area is 111 Å². The normalized spacial score (nSPS) is 20.9. The first-order valence-corrected chi connectivity index (χ1v) is 6.68. The molecule has 0 aromatic carbocycles. The van der Waals surface area contributed by atoms with Crippen LogP contribution in [0.2, 0.25) is 0 Å². The van der Waals surface area contributed by atoms with Crippen molar-refractivity contribution >= 4 is 0 Å². The molecule has 1 fully saturated rings. The van der Waals surface area contributed by atoms with E-state index in [0.717, 1.165) is 58.2 Å². The second-order valence-electron chi connectivity index (χ2n) is 4.67. The Kier molecular flexibility index (Phi) is 8.00. The summed E-state index contributed by atoms with van der Waals surface area (Å²) >= 11 is 0. The van der Waals surface area contributed by atoms with Crippen LogP contribution in [0.4, 0.5) is 0 Å². The van der Waals surface area contributed by atoms with E-state index in [9.17, 15) is 0 Å². The molecule has 5 heteroatoms. The lowest BCUT2D eigenvalue weighted by molar-refractivity contribution is -0.0337. The Morgan fingerprint density at radius 2 is 2.33 bits per heavy atom. The zero-order chi connectivity index (χ0) is 13.2. The van der Waals surface area contributed by atoms with Crippen LogP contribution in [-0.4, -0.2) is 70.6 Å². The van der Waals surface area contributed by atoms with E-state index in [4.69, 9.17) is 9.47 Å². The summed E-state index contributed by atoms with van der Waals surface area (Å²) in [6, 6.07) is 0. The Bertz CT molecular complexity index is 236. The molecule has 0 spiro atoms. The number of likely N-dealkylation sites (N-methyl/N-ethyl adjacent to an activating group) is 1. The molecule has 0 radical (unpaired) electrons. The lowest BCUT2D eigenvalue weighted by Crippen LogP contribution is -2.47. The van der Waals surface area contributed by atoms with Crippen LogP contribution in [0.15, 0.2) is 12.3 Å². The van der Waals surface area contributed by atoms with Crippen molar-refractivity contribution in [3.8, 4) is 0 Å². The van der Waals surface area contributed by atoms with Crippen LogP contribution < -0.4 is 10.6 Å². The van der Waals surface area contributed by atoms with Gasteiger partial charge in [0.15, 0.2) is 0 Å². The van der Waals surface area contributed by atoms with Crippen LogP contribution in [0.1, 0.15) is 6.92 Å². The van der Waals surface area contributed by atoms with E-state index in [1.54, 1.807) is 0 Å². The molecule has 106 valence electrons. The molecule has 1 aliphatic rings. The molecule has 18 heavy (non-hydrogen) atoms. The fraction of sp³-hybridized carbons (Fsp3) is 0.846. The Morgan fingerprint density at radius 3 is 3.06 bits per heavy atom. The van der Waals surface area contributed by atoms with E-state index in [2.05, 4.69) is 22.1 Å². The van der Waals surface area contributed by atoms with E-state index in [0.29, 0.717) is 0 Å². The van der Waals surface area contributed by atoms with Gasteiger partial charge in [-0.2, -0.15) is 0 Å². The van der Waals surface area contributed by atoms with Gasteiger partial charge in [-0.15, -0.1) is 0 Å². The lowest BCUT2D eigenvalue weighted by atomic mass is 10.2. The Morgan fingerprint density at radius 1 is 1.50 bits per heavy atom. The van der Waals surface area contributed by atoms with E-state index < -0.39 is 0 Å². The summed E-state index contributed by atoms with van der Waals surface area (Å²) in [7, 11) is 1.94. The monoisotopic (exact) mass is 257 g/mol. The van der Waals surface area contributed by atoms with Crippen LogP contribution in [0, 0.1) is 0 Å². The number of allylic oxidation sites excluding steroid dienone is 1. The summed E-state index contributed by atoms with van der Waals surface area (Å²) in [5, 5.41) is 6.30. The van der Waals surface area contributed by atoms with E-state index in [-0.39, 0.29) is 6.10 Å². The molecular weight excluding hydrogens is 230 g/mol. The summed E-state index contributed by atoms with van der Waals surface area (Å²) in [5.74, 6) is 0. The predicted molar refractivity (Wildman–Crippen MR) is 73.7 cm³/mol. The molecule has 1 aliphatic heterocycles. The largest absolute Gasteiger partial charge is 0.386 e. The van der Waals surface area contributed by atoms with Gasteiger partial charge in [0.05, 0.1) is 25.9 Å². The second-order valence-corrected chi connectivity index (χ2v) is 4.67. The van der Waals surface area contributed by atoms with E-state index >= 15 is 0 Å². The molecule has 0 amide bonds. The van der Waals surface area contributed by atoms with Crippen LogP contribution in [0.5, 0.6) is 0 Å². The van der Waals surface area contributed by atoms with Gasteiger partial charge >= 0.3 is 0 Å². The lowest BCUT2D eigenvalue weighted by Gasteiger charge is -2.33. The highest BCUT2D eigenvalue weighted by Gasteiger charge is 2.19. The van der Waals surface area contributed by atoms with Gasteiger partial charge in [0.2, 0.25) is 0 Å². The standard InChI is InChI=1S/C13H27N3O2/c1-12(2)15-10-13-11-16(6-9-18-13)5-8-17-7-4-14-3/h13-15H,1,4-11H2,2-3H3. The first-order chi connectivity index (χ1) is 8.72. The van der Waals surface area contributed by atoms with Gasteiger partial charge < -0.3 is 20.1 Å². The quantitative estimate of drug-likeness (QED) is 0.571. The zero-order valence-corrected chi connectivity index (χ0v) is 11.7. The van der Waals surface area contributed by atoms with Crippen LogP contribution in [0.3, 0.4) is 0 Å². The minimum absolute atomic E-state index is 0.257. The van der Waals surface area contributed by atoms with E-state index in [1.807, 2.05) is 14.0 Å². The smallest absolute Gasteiger partial charge is 0.0874 e. The topological polar surface area (TPSA) is 45.8 Å². The molecule has 1 unspecified atom stereocenters. The molecular formula is C13H27N3O2. The van der Waals surface area contributed by atoms with Gasteiger partial charge in [-0.05, 0) is 14.0 Å². The highest BCUT2D eigenvalue weighted by Crippen LogP contribution is 2.04. The Hall–Kier alpha value is -0.620. The van der Waals surface area contributed by atoms with Crippen molar-refractivity contribution in [1.82, 2.24) is 15.5 Å². The van der Waals surface area contributed by atoms with Gasteiger partial charge in [-0.25, -0.2) is 0 Å². The molecule has 5 nitrogen and oxygen atoms in total. The molecule has 1 heterocycles. The van der Waals surface area contributed by atoms with Crippen molar-refractivity contribution < 1.29 is 9.47 Å². The highest BCUT2D eigenvalue weighted by atomic mass is 16.5. The first kappa shape index (κ1) is 15.4. The molecule has 0 aromatic heterocycles. The van der Waals surface area contributed by atoms with Gasteiger partial charge in [-0.3, -0.25) is 4.90 Å². The van der Waals surface area contributed by atoms with Gasteiger partial charge in [0.25, 0.3) is 0 Å². The van der Waals surface area contributed by atoms with Crippen molar-refractivity contribution in [3.05, 3.63) is 12.3 Å². The Balaban J connectivity index is 2.08. The average Bonchev–Trinajstić information content (AvgIpc) is 2.37. The number of morpholine rings is 1. The predicted octanol–water partition coefficient (Wildman–Crippen LogP) is 0.0464. The van der Waals surface area contributed by atoms with Crippen molar-refractivity contribution in [1.29, 1.82) is 0 Å². The number of hydrogen-bond acceptors (Lipinski definition) is 5. The van der Waals surface area contributed by atoms with Crippen molar-refractivity contribution in [2.75, 3.05) is 59.6 Å². The van der Waals surface area contributed by atoms with Gasteiger partial charge in [0.1, 0.15) is 0 Å². The zero-order valence-electron chi connectivity index (χ0n) is 11.7. The summed E-state index contributed by atoms with van der Waals surface area (Å²) < 4.78 is 11.2. The number of nitrogens with one attached hydrogen (secondary N) is 2. The number of ether oxygens (including phenoxy) is 2. The van der Waals surface area contributed by atoms with Crippen molar-refractivity contribution in [3.63, 3.8) is 0 Å². The summed E-state index contributed by atoms with van der Waals surface area (Å²) in [4.78, 5) is 2.40. The fourth-order valence-corrected chi connectivity index (χ4v) is 1.87. The molecule has 0 aliphatic carbocycles. The molecule has 2 N–H and O–H groups in total. The molecule has 0 bridgehead atoms. The van der Waals surface area contributed by atoms with E-state index in [1.165, 1.54) is 0 Å². The van der Waals surface area contributed by atoms with Gasteiger partial charge in [-0.1, -0.05) is 6.58 Å². The second kappa shape index (κ2) is 9.33. The summed E-state index contributed by atoms with van der Waals surface area (Å²) in [6.45, 7) is 12.9. The van der Waals surface area contributed by atoms with Crippen molar-refractivity contribution in [2.45, 2.75) is 13.0 Å². The van der Waals surface area contributed by atoms with Gasteiger partial charge in [0, 0.05) is 38.4 Å². The third-order valence-electron chi connectivity index (χ3n) is 2.90.